The second-order valence-corrected chi connectivity index (χ2v) is 9.20. The lowest BCUT2D eigenvalue weighted by molar-refractivity contribution is -0.0585. The van der Waals surface area contributed by atoms with Gasteiger partial charge in [-0.25, -0.2) is 4.79 Å². The number of para-hydroxylation sites is 1. The molecule has 2 aromatic rings. The van der Waals surface area contributed by atoms with Gasteiger partial charge in [-0.05, 0) is 62.1 Å². The number of urea groups is 1. The van der Waals surface area contributed by atoms with Gasteiger partial charge in [0.25, 0.3) is 0 Å². The first-order valence-corrected chi connectivity index (χ1v) is 11.8. The summed E-state index contributed by atoms with van der Waals surface area (Å²) in [6, 6.07) is 18.4. The van der Waals surface area contributed by atoms with Gasteiger partial charge in [0.2, 0.25) is 0 Å². The summed E-state index contributed by atoms with van der Waals surface area (Å²) in [5.74, 6) is 7.41. The van der Waals surface area contributed by atoms with E-state index in [1.54, 1.807) is 0 Å². The number of aliphatic hydroxyl groups is 1. The highest BCUT2D eigenvalue weighted by atomic mass is 16.3. The van der Waals surface area contributed by atoms with Gasteiger partial charge < -0.3 is 15.3 Å². The van der Waals surface area contributed by atoms with Crippen LogP contribution in [-0.4, -0.2) is 59.3 Å². The molecule has 1 aliphatic carbocycles. The Bertz CT molecular complexity index is 991. The van der Waals surface area contributed by atoms with Gasteiger partial charge in [-0.1, -0.05) is 42.2 Å². The number of amides is 2. The maximum atomic E-state index is 13.0. The van der Waals surface area contributed by atoms with Crippen molar-refractivity contribution >= 4 is 11.7 Å². The molecule has 5 heteroatoms. The Morgan fingerprint density at radius 3 is 2.50 bits per heavy atom. The summed E-state index contributed by atoms with van der Waals surface area (Å²) in [4.78, 5) is 17.4. The van der Waals surface area contributed by atoms with Crippen LogP contribution in [0.25, 0.3) is 0 Å². The Morgan fingerprint density at radius 2 is 1.78 bits per heavy atom. The molecule has 3 atom stereocenters. The van der Waals surface area contributed by atoms with Crippen molar-refractivity contribution in [2.75, 3.05) is 31.6 Å². The third kappa shape index (κ3) is 4.53. The molecular formula is C27H31N3O2. The van der Waals surface area contributed by atoms with Gasteiger partial charge in [-0.3, -0.25) is 4.90 Å². The van der Waals surface area contributed by atoms with Crippen LogP contribution in [0.2, 0.25) is 0 Å². The number of anilines is 1. The first kappa shape index (κ1) is 21.1. The van der Waals surface area contributed by atoms with Crippen molar-refractivity contribution in [3.05, 3.63) is 65.7 Å². The fourth-order valence-electron chi connectivity index (χ4n) is 5.05. The zero-order valence-electron chi connectivity index (χ0n) is 18.4. The van der Waals surface area contributed by atoms with Gasteiger partial charge in [0.15, 0.2) is 0 Å². The predicted octanol–water partition coefficient (Wildman–Crippen LogP) is 3.90. The van der Waals surface area contributed by atoms with Gasteiger partial charge in [0.1, 0.15) is 0 Å². The monoisotopic (exact) mass is 429 g/mol. The molecule has 0 bridgehead atoms. The number of aliphatic hydroxyl groups excluding tert-OH is 1. The first-order valence-electron chi connectivity index (χ1n) is 11.8. The molecule has 3 fully saturated rings. The smallest absolute Gasteiger partial charge is 0.321 e. The normalized spacial score (nSPS) is 25.4. The molecule has 0 radical (unpaired) electrons. The van der Waals surface area contributed by atoms with E-state index >= 15 is 0 Å². The van der Waals surface area contributed by atoms with Gasteiger partial charge in [-0.15, -0.1) is 0 Å². The molecule has 5 rings (SSSR count). The van der Waals surface area contributed by atoms with Gasteiger partial charge >= 0.3 is 6.03 Å². The molecule has 0 aromatic heterocycles. The standard InChI is InChI=1S/C27H31N3O2/c31-19-25-26(22-14-12-21(13-15-22)11-10-20-8-9-20)24-18-29(16-4-5-17-30(24)25)27(32)28-23-6-2-1-3-7-23/h1-3,6-7,12-15,20,24-26,31H,4-5,8-9,16-19H2,(H,28,32)/t24-,25-,26-/m0/s1. The average Bonchev–Trinajstić information content (AvgIpc) is 3.63. The summed E-state index contributed by atoms with van der Waals surface area (Å²) in [5, 5.41) is 13.2. The van der Waals surface area contributed by atoms with Gasteiger partial charge in [0, 0.05) is 48.3 Å². The zero-order chi connectivity index (χ0) is 21.9. The highest BCUT2D eigenvalue weighted by Gasteiger charge is 2.49. The molecule has 2 N–H and O–H groups in total. The predicted molar refractivity (Wildman–Crippen MR) is 126 cm³/mol. The van der Waals surface area contributed by atoms with Crippen molar-refractivity contribution in [2.45, 2.75) is 43.7 Å². The van der Waals surface area contributed by atoms with Crippen molar-refractivity contribution in [1.29, 1.82) is 0 Å². The van der Waals surface area contributed by atoms with Crippen LogP contribution in [0.1, 0.15) is 42.7 Å². The van der Waals surface area contributed by atoms with E-state index in [1.807, 2.05) is 35.2 Å². The summed E-state index contributed by atoms with van der Waals surface area (Å²) < 4.78 is 0. The van der Waals surface area contributed by atoms with Crippen molar-refractivity contribution < 1.29 is 9.90 Å². The second kappa shape index (κ2) is 9.36. The number of carbonyl (C=O) groups excluding carboxylic acids is 1. The minimum absolute atomic E-state index is 0.0463. The Hall–Kier alpha value is -2.81. The van der Waals surface area contributed by atoms with Gasteiger partial charge in [0.05, 0.1) is 6.61 Å². The Balaban J connectivity index is 1.32. The molecule has 0 unspecified atom stereocenters. The van der Waals surface area contributed by atoms with E-state index in [1.165, 1.54) is 18.4 Å². The van der Waals surface area contributed by atoms with Gasteiger partial charge in [-0.2, -0.15) is 0 Å². The molecule has 2 saturated heterocycles. The fraction of sp³-hybridized carbons (Fsp3) is 0.444. The number of hydrogen-bond donors (Lipinski definition) is 2. The number of nitrogens with zero attached hydrogens (tertiary/aromatic N) is 2. The number of fused-ring (bicyclic) bond motifs is 1. The van der Waals surface area contributed by atoms with Crippen LogP contribution in [0, 0.1) is 17.8 Å². The highest BCUT2D eigenvalue weighted by molar-refractivity contribution is 5.89. The van der Waals surface area contributed by atoms with E-state index in [2.05, 4.69) is 46.3 Å². The molecule has 2 heterocycles. The molecule has 1 saturated carbocycles. The number of benzene rings is 2. The van der Waals surface area contributed by atoms with Crippen LogP contribution in [0.5, 0.6) is 0 Å². The molecule has 3 aliphatic rings. The van der Waals surface area contributed by atoms with Crippen LogP contribution in [0.15, 0.2) is 54.6 Å². The van der Waals surface area contributed by atoms with Crippen LogP contribution in [0.3, 0.4) is 0 Å². The minimum Gasteiger partial charge on any atom is -0.395 e. The Labute approximate surface area is 190 Å². The van der Waals surface area contributed by atoms with E-state index in [-0.39, 0.29) is 30.6 Å². The number of nitrogens with one attached hydrogen (secondary N) is 1. The Kier molecular flexibility index (Phi) is 6.16. The van der Waals surface area contributed by atoms with Crippen molar-refractivity contribution in [3.8, 4) is 11.8 Å². The molecule has 32 heavy (non-hydrogen) atoms. The summed E-state index contributed by atoms with van der Waals surface area (Å²) in [6.45, 7) is 2.55. The van der Waals surface area contributed by atoms with E-state index in [9.17, 15) is 9.90 Å². The average molecular weight is 430 g/mol. The van der Waals surface area contributed by atoms with Crippen molar-refractivity contribution in [1.82, 2.24) is 9.80 Å². The molecule has 5 nitrogen and oxygen atoms in total. The topological polar surface area (TPSA) is 55.8 Å². The van der Waals surface area contributed by atoms with E-state index in [4.69, 9.17) is 0 Å². The third-order valence-corrected chi connectivity index (χ3v) is 6.98. The lowest BCUT2D eigenvalue weighted by Crippen LogP contribution is -2.68. The first-order chi connectivity index (χ1) is 15.7. The molecule has 0 spiro atoms. The quantitative estimate of drug-likeness (QED) is 0.728. The van der Waals surface area contributed by atoms with Crippen molar-refractivity contribution in [2.24, 2.45) is 5.92 Å². The molecule has 2 aliphatic heterocycles. The lowest BCUT2D eigenvalue weighted by Gasteiger charge is -2.57. The van der Waals surface area contributed by atoms with Crippen LogP contribution in [0.4, 0.5) is 10.5 Å². The van der Waals surface area contributed by atoms with Crippen LogP contribution >= 0.6 is 0 Å². The molecule has 166 valence electrons. The maximum absolute atomic E-state index is 13.0. The molecular weight excluding hydrogens is 398 g/mol. The third-order valence-electron chi connectivity index (χ3n) is 6.98. The van der Waals surface area contributed by atoms with Crippen LogP contribution in [-0.2, 0) is 0 Å². The second-order valence-electron chi connectivity index (χ2n) is 9.20. The molecule has 2 aromatic carbocycles. The SMILES string of the molecule is O=C(Nc1ccccc1)N1CCCCN2[C@@H](CO)[C@@H](c3ccc(C#CC4CC4)cc3)[C@@H]2C1. The fourth-order valence-corrected chi connectivity index (χ4v) is 5.05. The highest BCUT2D eigenvalue weighted by Crippen LogP contribution is 2.42. The van der Waals surface area contributed by atoms with E-state index in [0.29, 0.717) is 12.5 Å². The largest absolute Gasteiger partial charge is 0.395 e. The minimum atomic E-state index is -0.0463. The molecule has 2 amide bonds. The number of hydrogen-bond acceptors (Lipinski definition) is 3. The Morgan fingerprint density at radius 1 is 1.03 bits per heavy atom. The maximum Gasteiger partial charge on any atom is 0.321 e. The summed E-state index contributed by atoms with van der Waals surface area (Å²) in [5.41, 5.74) is 3.10. The van der Waals surface area contributed by atoms with E-state index in [0.717, 1.165) is 37.2 Å². The van der Waals surface area contributed by atoms with E-state index < -0.39 is 0 Å². The summed E-state index contributed by atoms with van der Waals surface area (Å²) in [6.07, 6.45) is 4.47. The zero-order valence-corrected chi connectivity index (χ0v) is 18.4. The lowest BCUT2D eigenvalue weighted by atomic mass is 9.74. The summed E-state index contributed by atoms with van der Waals surface area (Å²) >= 11 is 0. The van der Waals surface area contributed by atoms with Crippen molar-refractivity contribution in [3.63, 3.8) is 0 Å². The number of rotatable bonds is 3. The van der Waals surface area contributed by atoms with Crippen LogP contribution < -0.4 is 5.32 Å². The summed E-state index contributed by atoms with van der Waals surface area (Å²) in [7, 11) is 0. The number of carbonyl (C=O) groups is 1.